The van der Waals surface area contributed by atoms with Gasteiger partial charge in [0.25, 0.3) is 0 Å². The maximum absolute atomic E-state index is 12.1. The van der Waals surface area contributed by atoms with Crippen LogP contribution in [0, 0.1) is 11.8 Å². The van der Waals surface area contributed by atoms with Crippen molar-refractivity contribution in [3.05, 3.63) is 0 Å². The van der Waals surface area contributed by atoms with E-state index in [1.165, 1.54) is 0 Å². The van der Waals surface area contributed by atoms with E-state index in [9.17, 15) is 9.59 Å². The minimum Gasteiger partial charge on any atom is -0.481 e. The van der Waals surface area contributed by atoms with Gasteiger partial charge in [0.2, 0.25) is 0 Å². The third kappa shape index (κ3) is 3.91. The van der Waals surface area contributed by atoms with E-state index in [2.05, 4.69) is 13.8 Å². The highest BCUT2D eigenvalue weighted by atomic mass is 16.4. The first-order valence-electron chi connectivity index (χ1n) is 6.14. The molecule has 0 saturated carbocycles. The number of piperidine rings is 1. The fraction of sp³-hybridized carbons (Fsp3) is 0.833. The fourth-order valence-electron chi connectivity index (χ4n) is 2.22. The van der Waals surface area contributed by atoms with Crippen LogP contribution in [-0.4, -0.2) is 53.6 Å². The molecule has 2 amide bonds. The summed E-state index contributed by atoms with van der Waals surface area (Å²) in [7, 11) is 1.77. The van der Waals surface area contributed by atoms with Gasteiger partial charge in [-0.05, 0) is 18.8 Å². The van der Waals surface area contributed by atoms with Gasteiger partial charge < -0.3 is 14.9 Å². The van der Waals surface area contributed by atoms with Crippen LogP contribution in [0.15, 0.2) is 0 Å². The molecule has 0 bridgehead atoms. The molecule has 5 nitrogen and oxygen atoms in total. The van der Waals surface area contributed by atoms with Crippen LogP contribution in [0.2, 0.25) is 0 Å². The third-order valence-electron chi connectivity index (χ3n) is 3.01. The number of carbonyl (C=O) groups is 2. The number of likely N-dealkylation sites (tertiary alicyclic amines) is 1. The zero-order valence-corrected chi connectivity index (χ0v) is 10.8. The van der Waals surface area contributed by atoms with Crippen LogP contribution in [0.1, 0.15) is 26.7 Å². The van der Waals surface area contributed by atoms with E-state index in [4.69, 9.17) is 5.11 Å². The van der Waals surface area contributed by atoms with Crippen molar-refractivity contribution >= 4 is 12.0 Å². The van der Waals surface area contributed by atoms with E-state index in [-0.39, 0.29) is 6.03 Å². The molecule has 0 aliphatic carbocycles. The molecule has 0 spiro atoms. The summed E-state index contributed by atoms with van der Waals surface area (Å²) in [5.74, 6) is -0.779. The highest BCUT2D eigenvalue weighted by Gasteiger charge is 2.29. The van der Waals surface area contributed by atoms with Crippen molar-refractivity contribution in [3.63, 3.8) is 0 Å². The second-order valence-corrected chi connectivity index (χ2v) is 5.18. The van der Waals surface area contributed by atoms with Crippen molar-refractivity contribution in [3.8, 4) is 0 Å². The molecule has 1 fully saturated rings. The van der Waals surface area contributed by atoms with E-state index in [0.29, 0.717) is 32.0 Å². The van der Waals surface area contributed by atoms with Crippen LogP contribution in [0.4, 0.5) is 4.79 Å². The Morgan fingerprint density at radius 3 is 2.65 bits per heavy atom. The maximum atomic E-state index is 12.1. The number of rotatable bonds is 3. The number of urea groups is 1. The van der Waals surface area contributed by atoms with E-state index >= 15 is 0 Å². The quantitative estimate of drug-likeness (QED) is 0.815. The van der Waals surface area contributed by atoms with Gasteiger partial charge in [-0.2, -0.15) is 0 Å². The first kappa shape index (κ1) is 13.8. The number of amides is 2. The number of carboxylic acid groups (broad SMARTS) is 1. The lowest BCUT2D eigenvalue weighted by Gasteiger charge is -2.34. The lowest BCUT2D eigenvalue weighted by Crippen LogP contribution is -2.48. The molecular formula is C12H22N2O3. The Bertz CT molecular complexity index is 291. The first-order chi connectivity index (χ1) is 7.91. The fourth-order valence-corrected chi connectivity index (χ4v) is 2.22. The Labute approximate surface area is 102 Å². The molecule has 1 rings (SSSR count). The van der Waals surface area contributed by atoms with Crippen molar-refractivity contribution in [1.82, 2.24) is 9.80 Å². The summed E-state index contributed by atoms with van der Waals surface area (Å²) in [5, 5.41) is 8.97. The lowest BCUT2D eigenvalue weighted by molar-refractivity contribution is -0.143. The first-order valence-corrected chi connectivity index (χ1v) is 6.14. The Balaban J connectivity index is 2.54. The van der Waals surface area contributed by atoms with Gasteiger partial charge in [0.1, 0.15) is 0 Å². The van der Waals surface area contributed by atoms with E-state index in [0.717, 1.165) is 6.42 Å². The van der Waals surface area contributed by atoms with Crippen LogP contribution < -0.4 is 0 Å². The van der Waals surface area contributed by atoms with E-state index in [1.807, 2.05) is 0 Å². The molecule has 5 heteroatoms. The van der Waals surface area contributed by atoms with E-state index < -0.39 is 11.9 Å². The summed E-state index contributed by atoms with van der Waals surface area (Å²) in [6, 6.07) is -0.0512. The minimum atomic E-state index is -0.797. The second-order valence-electron chi connectivity index (χ2n) is 5.18. The second kappa shape index (κ2) is 5.89. The highest BCUT2D eigenvalue weighted by Crippen LogP contribution is 2.17. The Hall–Kier alpha value is -1.26. The Morgan fingerprint density at radius 2 is 2.12 bits per heavy atom. The molecule has 1 saturated heterocycles. The molecule has 17 heavy (non-hydrogen) atoms. The van der Waals surface area contributed by atoms with Crippen molar-refractivity contribution in [2.45, 2.75) is 26.7 Å². The molecule has 0 aromatic rings. The lowest BCUT2D eigenvalue weighted by atomic mass is 9.98. The Kier molecular flexibility index (Phi) is 4.78. The van der Waals surface area contributed by atoms with Gasteiger partial charge >= 0.3 is 12.0 Å². The summed E-state index contributed by atoms with van der Waals surface area (Å²) in [6.07, 6.45) is 1.45. The topological polar surface area (TPSA) is 60.9 Å². The molecule has 0 radical (unpaired) electrons. The number of carbonyl (C=O) groups excluding carboxylic acids is 1. The summed E-state index contributed by atoms with van der Waals surface area (Å²) in [5.41, 5.74) is 0. The minimum absolute atomic E-state index is 0.0512. The average Bonchev–Trinajstić information content (AvgIpc) is 2.27. The van der Waals surface area contributed by atoms with Crippen molar-refractivity contribution in [1.29, 1.82) is 0 Å². The van der Waals surface area contributed by atoms with Gasteiger partial charge in [-0.25, -0.2) is 4.79 Å². The number of carboxylic acids is 1. The van der Waals surface area contributed by atoms with Gasteiger partial charge in [0.05, 0.1) is 5.92 Å². The normalized spacial score (nSPS) is 20.5. The summed E-state index contributed by atoms with van der Waals surface area (Å²) in [4.78, 5) is 26.3. The summed E-state index contributed by atoms with van der Waals surface area (Å²) >= 11 is 0. The molecule has 1 aliphatic heterocycles. The molecule has 1 heterocycles. The summed E-state index contributed by atoms with van der Waals surface area (Å²) in [6.45, 7) is 5.83. The van der Waals surface area contributed by atoms with Crippen LogP contribution in [0.5, 0.6) is 0 Å². The van der Waals surface area contributed by atoms with Crippen LogP contribution >= 0.6 is 0 Å². The molecule has 0 aromatic heterocycles. The number of aliphatic carboxylic acids is 1. The van der Waals surface area contributed by atoms with Crippen LogP contribution in [-0.2, 0) is 4.79 Å². The molecule has 1 aliphatic rings. The standard InChI is InChI=1S/C12H22N2O3/c1-9(2)7-13(3)12(17)14-6-4-5-10(8-14)11(15)16/h9-10H,4-8H2,1-3H3,(H,15,16). The smallest absolute Gasteiger partial charge is 0.319 e. The predicted octanol–water partition coefficient (Wildman–Crippen LogP) is 1.49. The van der Waals surface area contributed by atoms with Crippen molar-refractivity contribution < 1.29 is 14.7 Å². The molecular weight excluding hydrogens is 220 g/mol. The van der Waals surface area contributed by atoms with Crippen molar-refractivity contribution in [2.24, 2.45) is 11.8 Å². The van der Waals surface area contributed by atoms with Crippen LogP contribution in [0.3, 0.4) is 0 Å². The average molecular weight is 242 g/mol. The van der Waals surface area contributed by atoms with Crippen LogP contribution in [0.25, 0.3) is 0 Å². The van der Waals surface area contributed by atoms with Crippen molar-refractivity contribution in [2.75, 3.05) is 26.7 Å². The third-order valence-corrected chi connectivity index (χ3v) is 3.01. The van der Waals surface area contributed by atoms with E-state index in [1.54, 1.807) is 16.8 Å². The molecule has 0 aromatic carbocycles. The van der Waals surface area contributed by atoms with Gasteiger partial charge in [0, 0.05) is 26.7 Å². The SMILES string of the molecule is CC(C)CN(C)C(=O)N1CCCC(C(=O)O)C1. The Morgan fingerprint density at radius 1 is 1.47 bits per heavy atom. The molecule has 98 valence electrons. The number of nitrogens with zero attached hydrogens (tertiary/aromatic N) is 2. The molecule has 1 atom stereocenters. The molecule has 1 N–H and O–H groups in total. The highest BCUT2D eigenvalue weighted by molar-refractivity contribution is 5.76. The molecule has 1 unspecified atom stereocenters. The zero-order valence-electron chi connectivity index (χ0n) is 10.8. The number of hydrogen-bond acceptors (Lipinski definition) is 2. The zero-order chi connectivity index (χ0) is 13.0. The van der Waals surface area contributed by atoms with Gasteiger partial charge in [-0.1, -0.05) is 13.8 Å². The summed E-state index contributed by atoms with van der Waals surface area (Å²) < 4.78 is 0. The number of hydrogen-bond donors (Lipinski definition) is 1. The largest absolute Gasteiger partial charge is 0.481 e. The predicted molar refractivity (Wildman–Crippen MR) is 64.8 cm³/mol. The van der Waals surface area contributed by atoms with Gasteiger partial charge in [-0.15, -0.1) is 0 Å². The van der Waals surface area contributed by atoms with Gasteiger partial charge in [-0.3, -0.25) is 4.79 Å². The maximum Gasteiger partial charge on any atom is 0.319 e. The van der Waals surface area contributed by atoms with Gasteiger partial charge in [0.15, 0.2) is 0 Å². The monoisotopic (exact) mass is 242 g/mol.